The zero-order chi connectivity index (χ0) is 14.1. The van der Waals surface area contributed by atoms with Gasteiger partial charge in [-0.25, -0.2) is 4.98 Å². The lowest BCUT2D eigenvalue weighted by Gasteiger charge is -2.07. The average Bonchev–Trinajstić information content (AvgIpc) is 3.28. The summed E-state index contributed by atoms with van der Waals surface area (Å²) in [5.41, 5.74) is 3.25. The second-order valence-corrected chi connectivity index (χ2v) is 6.40. The largest absolute Gasteiger partial charge is 0.306 e. The van der Waals surface area contributed by atoms with Gasteiger partial charge in [0.2, 0.25) is 0 Å². The monoisotopic (exact) mass is 380 g/mol. The van der Waals surface area contributed by atoms with Gasteiger partial charge < -0.3 is 4.98 Å². The van der Waals surface area contributed by atoms with Crippen LogP contribution in [0.2, 0.25) is 0 Å². The molecule has 1 aliphatic carbocycles. The fourth-order valence-corrected chi connectivity index (χ4v) is 2.93. The Labute approximate surface area is 132 Å². The molecule has 1 heterocycles. The molecule has 0 aliphatic heterocycles. The van der Waals surface area contributed by atoms with Gasteiger partial charge in [0.25, 0.3) is 5.56 Å². The van der Waals surface area contributed by atoms with Crippen LogP contribution in [0.25, 0.3) is 11.4 Å². The molecular weight excluding hydrogens is 363 g/mol. The number of nitrogens with zero attached hydrogens (tertiary/aromatic N) is 1. The molecule has 2 aromatic rings. The highest BCUT2D eigenvalue weighted by Crippen LogP contribution is 2.40. The summed E-state index contributed by atoms with van der Waals surface area (Å²) in [6.45, 7) is 2.10. The third kappa shape index (κ3) is 2.80. The molecule has 1 saturated carbocycles. The molecular formula is C16H17IN2O. The smallest absolute Gasteiger partial charge is 0.264 e. The molecule has 1 aromatic carbocycles. The van der Waals surface area contributed by atoms with E-state index in [9.17, 15) is 4.79 Å². The summed E-state index contributed by atoms with van der Waals surface area (Å²) in [7, 11) is 0. The molecule has 3 nitrogen and oxygen atoms in total. The lowest BCUT2D eigenvalue weighted by molar-refractivity contribution is 0.860. The van der Waals surface area contributed by atoms with E-state index < -0.39 is 0 Å². The van der Waals surface area contributed by atoms with Crippen molar-refractivity contribution in [1.29, 1.82) is 0 Å². The number of H-pyrrole nitrogens is 1. The summed E-state index contributed by atoms with van der Waals surface area (Å²) in [5, 5.41) is 0. The van der Waals surface area contributed by atoms with Crippen molar-refractivity contribution < 1.29 is 0 Å². The highest BCUT2D eigenvalue weighted by atomic mass is 127. The van der Waals surface area contributed by atoms with Gasteiger partial charge in [0.15, 0.2) is 0 Å². The molecule has 20 heavy (non-hydrogen) atoms. The van der Waals surface area contributed by atoms with Gasteiger partial charge in [0.05, 0.1) is 9.26 Å². The number of aryl methyl sites for hydroxylation is 1. The van der Waals surface area contributed by atoms with Crippen LogP contribution in [0.15, 0.2) is 29.1 Å². The van der Waals surface area contributed by atoms with Crippen LogP contribution in [-0.4, -0.2) is 9.97 Å². The minimum Gasteiger partial charge on any atom is -0.306 e. The van der Waals surface area contributed by atoms with Crippen molar-refractivity contribution in [1.82, 2.24) is 9.97 Å². The molecule has 4 heteroatoms. The summed E-state index contributed by atoms with van der Waals surface area (Å²) in [5.74, 6) is 1.40. The molecule has 0 radical (unpaired) electrons. The maximum absolute atomic E-state index is 12.0. The van der Waals surface area contributed by atoms with E-state index in [4.69, 9.17) is 0 Å². The normalized spacial score (nSPS) is 14.5. The van der Waals surface area contributed by atoms with Gasteiger partial charge in [-0.3, -0.25) is 4.79 Å². The van der Waals surface area contributed by atoms with Crippen molar-refractivity contribution in [3.8, 4) is 11.4 Å². The Morgan fingerprint density at radius 3 is 2.90 bits per heavy atom. The van der Waals surface area contributed by atoms with Gasteiger partial charge >= 0.3 is 0 Å². The molecule has 0 unspecified atom stereocenters. The van der Waals surface area contributed by atoms with Crippen LogP contribution < -0.4 is 5.56 Å². The van der Waals surface area contributed by atoms with Crippen molar-refractivity contribution in [3.05, 3.63) is 49.4 Å². The number of rotatable bonds is 4. The summed E-state index contributed by atoms with van der Waals surface area (Å²) in [6, 6.07) is 8.41. The summed E-state index contributed by atoms with van der Waals surface area (Å²) in [6.07, 6.45) is 4.40. The minimum atomic E-state index is -0.0316. The Morgan fingerprint density at radius 2 is 2.20 bits per heavy atom. The highest BCUT2D eigenvalue weighted by Gasteiger charge is 2.23. The fraction of sp³-hybridized carbons (Fsp3) is 0.375. The minimum absolute atomic E-state index is 0.0316. The molecule has 0 amide bonds. The molecule has 0 atom stereocenters. The van der Waals surface area contributed by atoms with Crippen molar-refractivity contribution >= 4 is 22.6 Å². The average molecular weight is 380 g/mol. The number of hydrogen-bond acceptors (Lipinski definition) is 2. The first-order valence-corrected chi connectivity index (χ1v) is 8.16. The van der Waals surface area contributed by atoms with E-state index in [2.05, 4.69) is 57.7 Å². The van der Waals surface area contributed by atoms with E-state index in [1.165, 1.54) is 18.4 Å². The SMILES string of the molecule is CCCc1nc(-c2cccc(C3CC3)c2)[nH]c(=O)c1I. The molecule has 3 rings (SSSR count). The van der Waals surface area contributed by atoms with Crippen LogP contribution >= 0.6 is 22.6 Å². The van der Waals surface area contributed by atoms with Crippen molar-refractivity contribution in [2.45, 2.75) is 38.5 Å². The summed E-state index contributed by atoms with van der Waals surface area (Å²) in [4.78, 5) is 19.6. The first-order valence-electron chi connectivity index (χ1n) is 7.08. The Kier molecular flexibility index (Phi) is 3.92. The van der Waals surface area contributed by atoms with Gasteiger partial charge in [-0.2, -0.15) is 0 Å². The van der Waals surface area contributed by atoms with Crippen molar-refractivity contribution in [2.24, 2.45) is 0 Å². The van der Waals surface area contributed by atoms with E-state index in [1.807, 2.05) is 6.07 Å². The molecule has 1 aromatic heterocycles. The first-order chi connectivity index (χ1) is 9.69. The summed E-state index contributed by atoms with van der Waals surface area (Å²) >= 11 is 2.09. The van der Waals surface area contributed by atoms with E-state index in [-0.39, 0.29) is 5.56 Å². The Bertz CT molecular complexity index is 689. The van der Waals surface area contributed by atoms with Crippen LogP contribution in [-0.2, 0) is 6.42 Å². The van der Waals surface area contributed by atoms with Gasteiger partial charge in [-0.05, 0) is 59.4 Å². The van der Waals surface area contributed by atoms with Crippen molar-refractivity contribution in [3.63, 3.8) is 0 Å². The van der Waals surface area contributed by atoms with Crippen LogP contribution in [0.5, 0.6) is 0 Å². The van der Waals surface area contributed by atoms with Crippen LogP contribution in [0.1, 0.15) is 43.4 Å². The number of halogens is 1. The first kappa shape index (κ1) is 13.8. The van der Waals surface area contributed by atoms with Gasteiger partial charge in [-0.15, -0.1) is 0 Å². The standard InChI is InChI=1S/C16H17IN2O/c1-2-4-13-14(17)16(20)19-15(18-13)12-6-3-5-11(9-12)10-7-8-10/h3,5-6,9-10H,2,4,7-8H2,1H3,(H,18,19,20). The van der Waals surface area contributed by atoms with Crippen LogP contribution in [0, 0.1) is 3.57 Å². The predicted octanol–water partition coefficient (Wildman–Crippen LogP) is 3.87. The van der Waals surface area contributed by atoms with E-state index in [0.29, 0.717) is 15.3 Å². The molecule has 1 fully saturated rings. The number of aromatic nitrogens is 2. The van der Waals surface area contributed by atoms with E-state index in [1.54, 1.807) is 0 Å². The molecule has 104 valence electrons. The Balaban J connectivity index is 2.05. The highest BCUT2D eigenvalue weighted by molar-refractivity contribution is 14.1. The van der Waals surface area contributed by atoms with E-state index in [0.717, 1.165) is 24.1 Å². The maximum atomic E-state index is 12.0. The lowest BCUT2D eigenvalue weighted by atomic mass is 10.1. The second kappa shape index (κ2) is 5.68. The zero-order valence-electron chi connectivity index (χ0n) is 11.4. The number of aromatic amines is 1. The molecule has 0 saturated heterocycles. The molecule has 0 bridgehead atoms. The topological polar surface area (TPSA) is 45.8 Å². The molecule has 0 spiro atoms. The zero-order valence-corrected chi connectivity index (χ0v) is 13.6. The quantitative estimate of drug-likeness (QED) is 0.819. The molecule has 1 aliphatic rings. The fourth-order valence-electron chi connectivity index (χ4n) is 2.40. The maximum Gasteiger partial charge on any atom is 0.264 e. The van der Waals surface area contributed by atoms with Gasteiger partial charge in [0.1, 0.15) is 5.82 Å². The number of nitrogens with one attached hydrogen (secondary N) is 1. The Morgan fingerprint density at radius 1 is 1.40 bits per heavy atom. The Hall–Kier alpha value is -1.17. The lowest BCUT2D eigenvalue weighted by Crippen LogP contribution is -2.16. The van der Waals surface area contributed by atoms with Gasteiger partial charge in [-0.1, -0.05) is 31.5 Å². The van der Waals surface area contributed by atoms with Crippen molar-refractivity contribution in [2.75, 3.05) is 0 Å². The van der Waals surface area contributed by atoms with Crippen LogP contribution in [0.4, 0.5) is 0 Å². The predicted molar refractivity (Wildman–Crippen MR) is 89.0 cm³/mol. The third-order valence-corrected chi connectivity index (χ3v) is 4.74. The number of hydrogen-bond donors (Lipinski definition) is 1. The van der Waals surface area contributed by atoms with E-state index >= 15 is 0 Å². The summed E-state index contributed by atoms with van der Waals surface area (Å²) < 4.78 is 0.714. The number of benzene rings is 1. The van der Waals surface area contributed by atoms with Crippen LogP contribution in [0.3, 0.4) is 0 Å². The van der Waals surface area contributed by atoms with Gasteiger partial charge in [0, 0.05) is 5.56 Å². The molecule has 1 N–H and O–H groups in total. The third-order valence-electron chi connectivity index (χ3n) is 3.63. The second-order valence-electron chi connectivity index (χ2n) is 5.32.